The van der Waals surface area contributed by atoms with Gasteiger partial charge in [0.1, 0.15) is 12.4 Å². The lowest BCUT2D eigenvalue weighted by Crippen LogP contribution is -2.51. The average Bonchev–Trinajstić information content (AvgIpc) is 2.61. The summed E-state index contributed by atoms with van der Waals surface area (Å²) in [4.78, 5) is 23.8. The van der Waals surface area contributed by atoms with Crippen LogP contribution in [0.25, 0.3) is 0 Å². The highest BCUT2D eigenvalue weighted by Crippen LogP contribution is 2.30. The first kappa shape index (κ1) is 15.8. The zero-order chi connectivity index (χ0) is 16.9. The highest BCUT2D eigenvalue weighted by Gasteiger charge is 2.27. The van der Waals surface area contributed by atoms with Crippen molar-refractivity contribution in [1.29, 1.82) is 0 Å². The molecule has 3 rings (SSSR count). The van der Waals surface area contributed by atoms with Crippen LogP contribution in [0.5, 0.6) is 11.5 Å². The quantitative estimate of drug-likeness (QED) is 0.833. The molecule has 0 saturated heterocycles. The summed E-state index contributed by atoms with van der Waals surface area (Å²) >= 11 is 0. The van der Waals surface area contributed by atoms with E-state index in [0.29, 0.717) is 11.5 Å². The van der Waals surface area contributed by atoms with Crippen molar-refractivity contribution >= 4 is 11.8 Å². The predicted molar refractivity (Wildman–Crippen MR) is 82.7 cm³/mol. The van der Waals surface area contributed by atoms with Crippen molar-refractivity contribution in [1.82, 2.24) is 10.9 Å². The van der Waals surface area contributed by atoms with Crippen LogP contribution in [-0.2, 0) is 16.0 Å². The smallest absolute Gasteiger partial charge is 0.283 e. The fourth-order valence-corrected chi connectivity index (χ4v) is 2.22. The van der Waals surface area contributed by atoms with Gasteiger partial charge in [-0.2, -0.15) is 0 Å². The molecule has 24 heavy (non-hydrogen) atoms. The third kappa shape index (κ3) is 3.62. The maximum absolute atomic E-state index is 13.5. The van der Waals surface area contributed by atoms with Crippen LogP contribution in [0.2, 0.25) is 0 Å². The lowest BCUT2D eigenvalue weighted by Gasteiger charge is -2.25. The molecule has 0 radical (unpaired) electrons. The minimum absolute atomic E-state index is 0.0338. The Balaban J connectivity index is 1.51. The van der Waals surface area contributed by atoms with Crippen LogP contribution in [-0.4, -0.2) is 24.5 Å². The Labute approximate surface area is 137 Å². The predicted octanol–water partition coefficient (Wildman–Crippen LogP) is 1.36. The first-order valence-corrected chi connectivity index (χ1v) is 7.34. The monoisotopic (exact) mass is 330 g/mol. The van der Waals surface area contributed by atoms with Crippen LogP contribution in [0, 0.1) is 5.82 Å². The molecule has 2 aromatic rings. The molecule has 1 aliphatic heterocycles. The molecule has 1 heterocycles. The third-order valence-electron chi connectivity index (χ3n) is 3.43. The van der Waals surface area contributed by atoms with Gasteiger partial charge in [0.2, 0.25) is 12.0 Å². The molecular formula is C17H15FN2O4. The number of rotatable bonds is 3. The largest absolute Gasteiger partial charge is 0.485 e. The molecule has 1 aliphatic rings. The minimum Gasteiger partial charge on any atom is -0.485 e. The Morgan fingerprint density at radius 3 is 2.54 bits per heavy atom. The number of carbonyl (C=O) groups excluding carboxylic acids is 2. The van der Waals surface area contributed by atoms with E-state index in [1.165, 1.54) is 18.2 Å². The van der Waals surface area contributed by atoms with Crippen molar-refractivity contribution < 1.29 is 23.5 Å². The maximum Gasteiger partial charge on any atom is 0.283 e. The Morgan fingerprint density at radius 2 is 1.75 bits per heavy atom. The summed E-state index contributed by atoms with van der Waals surface area (Å²) in [6, 6.07) is 12.9. The van der Waals surface area contributed by atoms with Crippen molar-refractivity contribution in [2.45, 2.75) is 12.5 Å². The fourth-order valence-electron chi connectivity index (χ4n) is 2.22. The van der Waals surface area contributed by atoms with Gasteiger partial charge in [-0.05, 0) is 23.8 Å². The zero-order valence-corrected chi connectivity index (χ0v) is 12.6. The Morgan fingerprint density at radius 1 is 1.04 bits per heavy atom. The molecule has 0 bridgehead atoms. The van der Waals surface area contributed by atoms with Crippen molar-refractivity contribution in [3.8, 4) is 11.5 Å². The number of hydrogen-bond acceptors (Lipinski definition) is 4. The van der Waals surface area contributed by atoms with Crippen molar-refractivity contribution in [3.05, 3.63) is 59.9 Å². The summed E-state index contributed by atoms with van der Waals surface area (Å²) < 4.78 is 24.4. The van der Waals surface area contributed by atoms with Gasteiger partial charge < -0.3 is 9.47 Å². The molecule has 2 aromatic carbocycles. The molecule has 0 aliphatic carbocycles. The van der Waals surface area contributed by atoms with Gasteiger partial charge in [-0.15, -0.1) is 0 Å². The molecular weight excluding hydrogens is 315 g/mol. The van der Waals surface area contributed by atoms with E-state index in [-0.39, 0.29) is 18.6 Å². The van der Waals surface area contributed by atoms with E-state index in [1.54, 1.807) is 30.3 Å². The van der Waals surface area contributed by atoms with Crippen LogP contribution in [0.1, 0.15) is 5.56 Å². The topological polar surface area (TPSA) is 76.7 Å². The zero-order valence-electron chi connectivity index (χ0n) is 12.6. The van der Waals surface area contributed by atoms with E-state index in [1.807, 2.05) is 0 Å². The molecule has 1 atom stereocenters. The average molecular weight is 330 g/mol. The van der Waals surface area contributed by atoms with Crippen molar-refractivity contribution in [2.75, 3.05) is 6.61 Å². The molecule has 2 amide bonds. The van der Waals surface area contributed by atoms with Crippen molar-refractivity contribution in [2.24, 2.45) is 0 Å². The third-order valence-corrected chi connectivity index (χ3v) is 3.43. The molecule has 6 nitrogen and oxygen atoms in total. The number of hydrazine groups is 1. The van der Waals surface area contributed by atoms with Gasteiger partial charge in [-0.1, -0.05) is 30.3 Å². The number of hydrogen-bond donors (Lipinski definition) is 2. The number of amides is 2. The molecule has 2 N–H and O–H groups in total. The second-order valence-corrected chi connectivity index (χ2v) is 5.17. The van der Waals surface area contributed by atoms with Crippen LogP contribution in [0.3, 0.4) is 0 Å². The molecule has 0 saturated carbocycles. The van der Waals surface area contributed by atoms with Gasteiger partial charge in [-0.3, -0.25) is 20.4 Å². The van der Waals surface area contributed by atoms with Gasteiger partial charge in [0.05, 0.1) is 6.42 Å². The summed E-state index contributed by atoms with van der Waals surface area (Å²) in [6.45, 7) is 0.0338. The maximum atomic E-state index is 13.5. The second kappa shape index (κ2) is 6.99. The van der Waals surface area contributed by atoms with E-state index in [2.05, 4.69) is 10.9 Å². The number of benzene rings is 2. The van der Waals surface area contributed by atoms with E-state index >= 15 is 0 Å². The van der Waals surface area contributed by atoms with E-state index < -0.39 is 23.7 Å². The molecule has 0 spiro atoms. The standard InChI is InChI=1S/C17H15FN2O4/c18-12-6-2-1-5-11(12)9-16(21)19-20-17(22)15-10-23-13-7-3-4-8-14(13)24-15/h1-8,15H,9-10H2,(H,19,21)(H,20,22). The lowest BCUT2D eigenvalue weighted by molar-refractivity contribution is -0.134. The summed E-state index contributed by atoms with van der Waals surface area (Å²) in [7, 11) is 0. The SMILES string of the molecule is O=C(Cc1ccccc1F)NNC(=O)C1COc2ccccc2O1. The molecule has 0 aromatic heterocycles. The normalized spacial score (nSPS) is 15.5. The summed E-state index contributed by atoms with van der Waals surface area (Å²) in [5, 5.41) is 0. The van der Waals surface area contributed by atoms with E-state index in [9.17, 15) is 14.0 Å². The number of ether oxygens (including phenoxy) is 2. The second-order valence-electron chi connectivity index (χ2n) is 5.17. The number of nitrogens with one attached hydrogen (secondary N) is 2. The number of fused-ring (bicyclic) bond motifs is 1. The van der Waals surface area contributed by atoms with E-state index in [4.69, 9.17) is 9.47 Å². The summed E-state index contributed by atoms with van der Waals surface area (Å²) in [5.74, 6) is -0.539. The van der Waals surface area contributed by atoms with Gasteiger partial charge in [0.25, 0.3) is 5.91 Å². The lowest BCUT2D eigenvalue weighted by atomic mass is 10.1. The first-order chi connectivity index (χ1) is 11.6. The molecule has 1 unspecified atom stereocenters. The van der Waals surface area contributed by atoms with Gasteiger partial charge >= 0.3 is 0 Å². The molecule has 7 heteroatoms. The molecule has 124 valence electrons. The highest BCUT2D eigenvalue weighted by molar-refractivity contribution is 5.86. The first-order valence-electron chi connectivity index (χ1n) is 7.34. The highest BCUT2D eigenvalue weighted by atomic mass is 19.1. The number of halogens is 1. The van der Waals surface area contributed by atoms with Gasteiger partial charge in [0, 0.05) is 0 Å². The van der Waals surface area contributed by atoms with E-state index in [0.717, 1.165) is 0 Å². The fraction of sp³-hybridized carbons (Fsp3) is 0.176. The van der Waals surface area contributed by atoms with Crippen molar-refractivity contribution in [3.63, 3.8) is 0 Å². The number of para-hydroxylation sites is 2. The Bertz CT molecular complexity index is 766. The van der Waals surface area contributed by atoms with Gasteiger partial charge in [-0.25, -0.2) is 4.39 Å². The van der Waals surface area contributed by atoms with Crippen LogP contribution < -0.4 is 20.3 Å². The minimum atomic E-state index is -0.881. The van der Waals surface area contributed by atoms with Crippen LogP contribution >= 0.6 is 0 Å². The number of carbonyl (C=O) groups is 2. The van der Waals surface area contributed by atoms with Crippen LogP contribution in [0.4, 0.5) is 4.39 Å². The van der Waals surface area contributed by atoms with Crippen LogP contribution in [0.15, 0.2) is 48.5 Å². The Kier molecular flexibility index (Phi) is 4.60. The van der Waals surface area contributed by atoms with Gasteiger partial charge in [0.15, 0.2) is 11.5 Å². The Hall–Kier alpha value is -3.09. The summed E-state index contributed by atoms with van der Waals surface area (Å²) in [6.07, 6.45) is -1.06. The summed E-state index contributed by atoms with van der Waals surface area (Å²) in [5.41, 5.74) is 4.74. The molecule has 0 fully saturated rings.